The highest BCUT2D eigenvalue weighted by atomic mass is 79.9. The van der Waals surface area contributed by atoms with Gasteiger partial charge in [-0.2, -0.15) is 0 Å². The summed E-state index contributed by atoms with van der Waals surface area (Å²) in [5.41, 5.74) is 3.29. The van der Waals surface area contributed by atoms with Crippen molar-refractivity contribution in [3.63, 3.8) is 0 Å². The van der Waals surface area contributed by atoms with Crippen molar-refractivity contribution in [2.24, 2.45) is 0 Å². The molecule has 1 amide bonds. The SMILES string of the molecule is Cc1cc(CN(Cc2cn(C(C)C)c3cc(Br)ccc3c2=O)[C@H]2CCCN(C(=O)OC(C)(C)C)C2)ccn1. The number of rotatable bonds is 6. The standard InChI is InChI=1S/C30H39BrN4O3/c1-20(2)35-18-23(28(36)26-10-9-24(31)15-27(26)35)17-34(16-22-11-12-32-21(3)14-22)25-8-7-13-33(19-25)29(37)38-30(4,5)6/h9-12,14-15,18,20,25H,7-8,13,16-17,19H2,1-6H3/t25-/m0/s1. The van der Waals surface area contributed by atoms with Crippen LogP contribution in [0, 0.1) is 6.92 Å². The third-order valence-corrected chi connectivity index (χ3v) is 7.40. The van der Waals surface area contributed by atoms with E-state index in [2.05, 4.69) is 50.3 Å². The molecule has 1 fully saturated rings. The number of aryl methyl sites for hydroxylation is 1. The Morgan fingerprint density at radius 2 is 1.97 bits per heavy atom. The zero-order chi connectivity index (χ0) is 27.6. The Bertz CT molecular complexity index is 1360. The first-order chi connectivity index (χ1) is 17.9. The van der Waals surface area contributed by atoms with Gasteiger partial charge in [0.15, 0.2) is 5.43 Å². The smallest absolute Gasteiger partial charge is 0.410 e. The van der Waals surface area contributed by atoms with Gasteiger partial charge < -0.3 is 14.2 Å². The van der Waals surface area contributed by atoms with Gasteiger partial charge in [-0.15, -0.1) is 0 Å². The van der Waals surface area contributed by atoms with Crippen molar-refractivity contribution in [1.82, 2.24) is 19.4 Å². The van der Waals surface area contributed by atoms with E-state index in [4.69, 9.17) is 4.74 Å². The first kappa shape index (κ1) is 28.3. The summed E-state index contributed by atoms with van der Waals surface area (Å²) < 4.78 is 8.81. The van der Waals surface area contributed by atoms with Gasteiger partial charge in [-0.05, 0) is 90.3 Å². The summed E-state index contributed by atoms with van der Waals surface area (Å²) in [7, 11) is 0. The predicted molar refractivity (Wildman–Crippen MR) is 155 cm³/mol. The van der Waals surface area contributed by atoms with Crippen LogP contribution in [-0.2, 0) is 17.8 Å². The van der Waals surface area contributed by atoms with Crippen molar-refractivity contribution >= 4 is 32.9 Å². The number of ether oxygens (including phenoxy) is 1. The number of piperidine rings is 1. The van der Waals surface area contributed by atoms with E-state index in [0.717, 1.165) is 45.0 Å². The van der Waals surface area contributed by atoms with Gasteiger partial charge in [0, 0.05) is 71.8 Å². The number of hydrogen-bond acceptors (Lipinski definition) is 5. The van der Waals surface area contributed by atoms with E-state index in [-0.39, 0.29) is 23.6 Å². The van der Waals surface area contributed by atoms with Crippen molar-refractivity contribution in [2.75, 3.05) is 13.1 Å². The zero-order valence-corrected chi connectivity index (χ0v) is 24.9. The van der Waals surface area contributed by atoms with Crippen LogP contribution in [0.4, 0.5) is 4.79 Å². The fourth-order valence-corrected chi connectivity index (χ4v) is 5.48. The van der Waals surface area contributed by atoms with Crippen LogP contribution >= 0.6 is 15.9 Å². The number of amides is 1. The molecule has 2 aromatic heterocycles. The topological polar surface area (TPSA) is 67.7 Å². The minimum atomic E-state index is -0.541. The molecule has 7 nitrogen and oxygen atoms in total. The average Bonchev–Trinajstić information content (AvgIpc) is 2.84. The van der Waals surface area contributed by atoms with E-state index in [1.54, 1.807) is 0 Å². The van der Waals surface area contributed by atoms with Crippen LogP contribution in [0.25, 0.3) is 10.9 Å². The Kier molecular flexibility index (Phi) is 8.62. The molecular weight excluding hydrogens is 544 g/mol. The van der Waals surface area contributed by atoms with Gasteiger partial charge in [0.1, 0.15) is 5.60 Å². The Balaban J connectivity index is 1.70. The zero-order valence-electron chi connectivity index (χ0n) is 23.3. The molecule has 0 saturated carbocycles. The lowest BCUT2D eigenvalue weighted by molar-refractivity contribution is 0.00888. The molecule has 204 valence electrons. The van der Waals surface area contributed by atoms with Gasteiger partial charge >= 0.3 is 6.09 Å². The van der Waals surface area contributed by atoms with Crippen molar-refractivity contribution in [1.29, 1.82) is 0 Å². The number of aromatic nitrogens is 2. The second-order valence-electron chi connectivity index (χ2n) is 11.6. The molecule has 4 rings (SSSR count). The molecule has 0 unspecified atom stereocenters. The van der Waals surface area contributed by atoms with Gasteiger partial charge in [-0.1, -0.05) is 15.9 Å². The summed E-state index contributed by atoms with van der Waals surface area (Å²) >= 11 is 3.56. The molecular formula is C30H39BrN4O3. The summed E-state index contributed by atoms with van der Waals surface area (Å²) in [5, 5.41) is 0.720. The number of fused-ring (bicyclic) bond motifs is 1. The van der Waals surface area contributed by atoms with Crippen LogP contribution in [0.1, 0.15) is 70.3 Å². The average molecular weight is 584 g/mol. The molecule has 3 aromatic rings. The van der Waals surface area contributed by atoms with Crippen LogP contribution in [0.5, 0.6) is 0 Å². The molecule has 1 saturated heterocycles. The van der Waals surface area contributed by atoms with Crippen LogP contribution < -0.4 is 5.43 Å². The van der Waals surface area contributed by atoms with Crippen molar-refractivity contribution < 1.29 is 9.53 Å². The minimum absolute atomic E-state index is 0.0557. The minimum Gasteiger partial charge on any atom is -0.444 e. The maximum atomic E-state index is 13.7. The Labute approximate surface area is 233 Å². The lowest BCUT2D eigenvalue weighted by Crippen LogP contribution is -2.50. The Morgan fingerprint density at radius 1 is 1.21 bits per heavy atom. The number of likely N-dealkylation sites (tertiary alicyclic amines) is 1. The second-order valence-corrected chi connectivity index (χ2v) is 12.5. The lowest BCUT2D eigenvalue weighted by atomic mass is 10.0. The molecule has 0 bridgehead atoms. The van der Waals surface area contributed by atoms with E-state index < -0.39 is 5.60 Å². The largest absolute Gasteiger partial charge is 0.444 e. The lowest BCUT2D eigenvalue weighted by Gasteiger charge is -2.40. The monoisotopic (exact) mass is 582 g/mol. The van der Waals surface area contributed by atoms with Crippen molar-refractivity contribution in [2.45, 2.75) is 85.2 Å². The number of pyridine rings is 2. The number of benzene rings is 1. The predicted octanol–water partition coefficient (Wildman–Crippen LogP) is 6.45. The van der Waals surface area contributed by atoms with Gasteiger partial charge in [0.25, 0.3) is 0 Å². The summed E-state index contributed by atoms with van der Waals surface area (Å²) in [6.45, 7) is 14.3. The normalized spacial score (nSPS) is 16.4. The highest BCUT2D eigenvalue weighted by Crippen LogP contribution is 2.25. The fraction of sp³-hybridized carbons (Fsp3) is 0.500. The van der Waals surface area contributed by atoms with Gasteiger partial charge in [0.2, 0.25) is 0 Å². The van der Waals surface area contributed by atoms with E-state index in [0.29, 0.717) is 26.2 Å². The quantitative estimate of drug-likeness (QED) is 0.334. The van der Waals surface area contributed by atoms with E-state index in [1.165, 1.54) is 0 Å². The van der Waals surface area contributed by atoms with Crippen LogP contribution in [0.2, 0.25) is 0 Å². The summed E-state index contributed by atoms with van der Waals surface area (Å²) in [6.07, 6.45) is 5.40. The van der Waals surface area contributed by atoms with E-state index in [9.17, 15) is 9.59 Å². The van der Waals surface area contributed by atoms with E-state index in [1.807, 2.05) is 69.3 Å². The van der Waals surface area contributed by atoms with Gasteiger partial charge in [-0.3, -0.25) is 14.7 Å². The third kappa shape index (κ3) is 6.83. The molecule has 3 heterocycles. The van der Waals surface area contributed by atoms with Crippen LogP contribution in [0.15, 0.2) is 52.0 Å². The highest BCUT2D eigenvalue weighted by Gasteiger charge is 2.31. The molecule has 0 aliphatic carbocycles. The first-order valence-electron chi connectivity index (χ1n) is 13.4. The maximum Gasteiger partial charge on any atom is 0.410 e. The Hall–Kier alpha value is -2.71. The molecule has 1 aliphatic heterocycles. The van der Waals surface area contributed by atoms with Crippen LogP contribution in [0.3, 0.4) is 0 Å². The molecule has 0 N–H and O–H groups in total. The van der Waals surface area contributed by atoms with Crippen molar-refractivity contribution in [3.05, 3.63) is 74.2 Å². The first-order valence-corrected chi connectivity index (χ1v) is 14.2. The second kappa shape index (κ2) is 11.6. The maximum absolute atomic E-state index is 13.7. The number of nitrogens with zero attached hydrogens (tertiary/aromatic N) is 4. The van der Waals surface area contributed by atoms with Crippen LogP contribution in [-0.4, -0.2) is 50.2 Å². The summed E-state index contributed by atoms with van der Waals surface area (Å²) in [6, 6.07) is 10.3. The molecule has 0 spiro atoms. The molecule has 0 radical (unpaired) electrons. The molecule has 1 atom stereocenters. The number of hydrogen-bond donors (Lipinski definition) is 0. The van der Waals surface area contributed by atoms with Gasteiger partial charge in [-0.25, -0.2) is 4.79 Å². The van der Waals surface area contributed by atoms with Crippen molar-refractivity contribution in [3.8, 4) is 0 Å². The molecule has 1 aliphatic rings. The highest BCUT2D eigenvalue weighted by molar-refractivity contribution is 9.10. The number of carbonyl (C=O) groups is 1. The summed E-state index contributed by atoms with van der Waals surface area (Å²) in [5.74, 6) is 0. The molecule has 1 aromatic carbocycles. The van der Waals surface area contributed by atoms with E-state index >= 15 is 0 Å². The third-order valence-electron chi connectivity index (χ3n) is 6.91. The van der Waals surface area contributed by atoms with Gasteiger partial charge in [0.05, 0.1) is 5.52 Å². The summed E-state index contributed by atoms with van der Waals surface area (Å²) in [4.78, 5) is 35.1. The number of halogens is 1. The number of carbonyl (C=O) groups excluding carboxylic acids is 1. The molecule has 8 heteroatoms. The molecule has 38 heavy (non-hydrogen) atoms. The Morgan fingerprint density at radius 3 is 2.66 bits per heavy atom. The fourth-order valence-electron chi connectivity index (χ4n) is 5.13.